The molecule has 7 nitrogen and oxygen atoms in total. The lowest BCUT2D eigenvalue weighted by atomic mass is 9.85. The van der Waals surface area contributed by atoms with Crippen LogP contribution in [0.3, 0.4) is 0 Å². The van der Waals surface area contributed by atoms with Gasteiger partial charge in [-0.25, -0.2) is 4.90 Å². The summed E-state index contributed by atoms with van der Waals surface area (Å²) in [5.41, 5.74) is 4.11. The highest BCUT2D eigenvalue weighted by Gasteiger charge is 2.62. The van der Waals surface area contributed by atoms with Gasteiger partial charge in [-0.3, -0.25) is 19.7 Å². The Morgan fingerprint density at radius 2 is 1.36 bits per heavy atom. The Labute approximate surface area is 207 Å². The fraction of sp³-hybridized carbons (Fsp3) is 0.172. The second-order valence-electron chi connectivity index (χ2n) is 9.18. The molecule has 2 fully saturated rings. The Bertz CT molecular complexity index is 1390. The smallest absolute Gasteiger partial charge is 0.271 e. The zero-order chi connectivity index (χ0) is 25.0. The Morgan fingerprint density at radius 3 is 1.83 bits per heavy atom. The first-order valence-electron chi connectivity index (χ1n) is 11.7. The summed E-state index contributed by atoms with van der Waals surface area (Å²) in [6.07, 6.45) is 4.07. The molecule has 3 aliphatic rings. The molecular formula is C29H22N2O5. The summed E-state index contributed by atoms with van der Waals surface area (Å²) in [6.45, 7) is 0. The summed E-state index contributed by atoms with van der Waals surface area (Å²) in [6, 6.07) is 24.0. The molecule has 0 aromatic heterocycles. The van der Waals surface area contributed by atoms with E-state index in [0.717, 1.165) is 27.2 Å². The molecule has 2 bridgehead atoms. The lowest BCUT2D eigenvalue weighted by Crippen LogP contribution is -2.33. The largest absolute Gasteiger partial charge is 0.495 e. The van der Waals surface area contributed by atoms with Crippen molar-refractivity contribution in [1.29, 1.82) is 0 Å². The van der Waals surface area contributed by atoms with Gasteiger partial charge in [0.25, 0.3) is 5.69 Å². The molecule has 0 radical (unpaired) electrons. The second kappa shape index (κ2) is 8.30. The van der Waals surface area contributed by atoms with Crippen molar-refractivity contribution in [3.05, 3.63) is 118 Å². The van der Waals surface area contributed by atoms with Crippen molar-refractivity contribution in [3.8, 4) is 5.75 Å². The molecule has 1 heterocycles. The minimum Gasteiger partial charge on any atom is -0.495 e. The highest BCUT2D eigenvalue weighted by molar-refractivity contribution is 6.24. The molecule has 6 rings (SSSR count). The van der Waals surface area contributed by atoms with Crippen LogP contribution in [0.25, 0.3) is 5.57 Å². The first-order valence-corrected chi connectivity index (χ1v) is 11.7. The lowest BCUT2D eigenvalue weighted by Gasteiger charge is -2.22. The zero-order valence-corrected chi connectivity index (χ0v) is 19.4. The predicted molar refractivity (Wildman–Crippen MR) is 134 cm³/mol. The van der Waals surface area contributed by atoms with Crippen LogP contribution in [0, 0.1) is 33.8 Å². The maximum absolute atomic E-state index is 13.8. The number of ether oxygens (including phenoxy) is 1. The first kappa shape index (κ1) is 22.0. The quantitative estimate of drug-likeness (QED) is 0.222. The number of rotatable bonds is 5. The van der Waals surface area contributed by atoms with E-state index in [0.29, 0.717) is 0 Å². The van der Waals surface area contributed by atoms with Gasteiger partial charge < -0.3 is 4.74 Å². The van der Waals surface area contributed by atoms with Crippen molar-refractivity contribution >= 4 is 28.8 Å². The average Bonchev–Trinajstić information content (AvgIpc) is 3.54. The number of imide groups is 1. The summed E-state index contributed by atoms with van der Waals surface area (Å²) >= 11 is 0. The molecule has 2 amide bonds. The number of hydrogen-bond donors (Lipinski definition) is 0. The van der Waals surface area contributed by atoms with Crippen LogP contribution < -0.4 is 9.64 Å². The van der Waals surface area contributed by atoms with Gasteiger partial charge in [-0.1, -0.05) is 72.8 Å². The van der Waals surface area contributed by atoms with Gasteiger partial charge in [0.05, 0.1) is 23.9 Å². The van der Waals surface area contributed by atoms with Crippen LogP contribution in [-0.4, -0.2) is 23.8 Å². The van der Waals surface area contributed by atoms with Crippen LogP contribution >= 0.6 is 0 Å². The Kier molecular flexibility index (Phi) is 5.07. The van der Waals surface area contributed by atoms with Gasteiger partial charge in [-0.2, -0.15) is 0 Å². The number of nitro groups is 1. The number of allylic oxidation sites excluding steroid dienone is 3. The average molecular weight is 479 g/mol. The number of benzene rings is 3. The molecule has 178 valence electrons. The molecule has 3 aromatic carbocycles. The number of nitrogens with zero attached hydrogens (tertiary/aromatic N) is 2. The van der Waals surface area contributed by atoms with Crippen molar-refractivity contribution in [2.75, 3.05) is 12.0 Å². The van der Waals surface area contributed by atoms with E-state index in [9.17, 15) is 19.7 Å². The Morgan fingerprint density at radius 1 is 0.833 bits per heavy atom. The number of anilines is 1. The van der Waals surface area contributed by atoms with Crippen LogP contribution in [0.4, 0.5) is 11.4 Å². The van der Waals surface area contributed by atoms with Crippen molar-refractivity contribution in [2.45, 2.75) is 0 Å². The minimum atomic E-state index is -0.561. The maximum atomic E-state index is 13.8. The van der Waals surface area contributed by atoms with Gasteiger partial charge in [-0.05, 0) is 28.3 Å². The topological polar surface area (TPSA) is 89.8 Å². The molecule has 4 atom stereocenters. The summed E-state index contributed by atoms with van der Waals surface area (Å²) in [4.78, 5) is 39.5. The molecular weight excluding hydrogens is 456 g/mol. The van der Waals surface area contributed by atoms with Crippen LogP contribution in [0.1, 0.15) is 11.1 Å². The van der Waals surface area contributed by atoms with E-state index < -0.39 is 16.8 Å². The zero-order valence-electron chi connectivity index (χ0n) is 19.4. The number of nitro benzene ring substituents is 1. The molecule has 2 aliphatic carbocycles. The molecule has 0 unspecified atom stereocenters. The second-order valence-corrected chi connectivity index (χ2v) is 9.18. The van der Waals surface area contributed by atoms with Crippen LogP contribution in [0.15, 0.2) is 96.6 Å². The standard InChI is InChI=1S/C29H22N2O5/c1-36-23-15-12-19(31(34)35)16-22(23)30-28(32)26-20-13-14-21(27(26)29(30)33)25(20)24(17-8-4-2-5-9-17)18-10-6-3-7-11-18/h2-16,20-21,26-27H,1H3/t20-,21+,26-,27+. The number of methoxy groups -OCH3 is 1. The van der Waals surface area contributed by atoms with Gasteiger partial charge in [0.2, 0.25) is 11.8 Å². The van der Waals surface area contributed by atoms with E-state index in [-0.39, 0.29) is 40.8 Å². The van der Waals surface area contributed by atoms with E-state index in [2.05, 4.69) is 0 Å². The first-order chi connectivity index (χ1) is 17.5. The summed E-state index contributed by atoms with van der Waals surface area (Å²) in [5, 5.41) is 11.4. The SMILES string of the molecule is COc1ccc([N+](=O)[O-])cc1N1C(=O)[C@@H]2[C@H](C1=O)[C@@H]1C=C[C@H]2C1=C(c1ccccc1)c1ccccc1. The number of non-ortho nitro benzene ring substituents is 1. The van der Waals surface area contributed by atoms with E-state index in [1.54, 1.807) is 0 Å². The van der Waals surface area contributed by atoms with Crippen LogP contribution in [0.2, 0.25) is 0 Å². The fourth-order valence-corrected chi connectivity index (χ4v) is 6.01. The third kappa shape index (κ3) is 3.12. The molecule has 0 N–H and O–H groups in total. The number of amides is 2. The number of hydrogen-bond acceptors (Lipinski definition) is 5. The van der Waals surface area contributed by atoms with Crippen molar-refractivity contribution < 1.29 is 19.2 Å². The molecule has 1 aliphatic heterocycles. The van der Waals surface area contributed by atoms with Gasteiger partial charge in [0.1, 0.15) is 11.4 Å². The minimum absolute atomic E-state index is 0.118. The molecule has 1 saturated carbocycles. The molecule has 3 aromatic rings. The van der Waals surface area contributed by atoms with Crippen molar-refractivity contribution in [2.24, 2.45) is 23.7 Å². The van der Waals surface area contributed by atoms with Crippen molar-refractivity contribution in [3.63, 3.8) is 0 Å². The Hall–Kier alpha value is -4.52. The maximum Gasteiger partial charge on any atom is 0.271 e. The third-order valence-electron chi connectivity index (χ3n) is 7.44. The van der Waals surface area contributed by atoms with Crippen molar-refractivity contribution in [1.82, 2.24) is 0 Å². The highest BCUT2D eigenvalue weighted by atomic mass is 16.6. The molecule has 1 saturated heterocycles. The van der Waals surface area contributed by atoms with Crippen LogP contribution in [0.5, 0.6) is 5.75 Å². The van der Waals surface area contributed by atoms with Crippen LogP contribution in [-0.2, 0) is 9.59 Å². The number of fused-ring (bicyclic) bond motifs is 5. The van der Waals surface area contributed by atoms with Gasteiger partial charge >= 0.3 is 0 Å². The van der Waals surface area contributed by atoms with Gasteiger partial charge in [-0.15, -0.1) is 0 Å². The predicted octanol–water partition coefficient (Wildman–Crippen LogP) is 5.03. The monoisotopic (exact) mass is 478 g/mol. The van der Waals surface area contributed by atoms with E-state index in [1.165, 1.54) is 25.3 Å². The molecule has 0 spiro atoms. The summed E-state index contributed by atoms with van der Waals surface area (Å²) < 4.78 is 5.36. The van der Waals surface area contributed by atoms with Gasteiger partial charge in [0.15, 0.2) is 0 Å². The normalized spacial score (nSPS) is 23.8. The summed E-state index contributed by atoms with van der Waals surface area (Å²) in [7, 11) is 1.41. The fourth-order valence-electron chi connectivity index (χ4n) is 6.01. The molecule has 7 heteroatoms. The van der Waals surface area contributed by atoms with Gasteiger partial charge in [0, 0.05) is 24.0 Å². The van der Waals surface area contributed by atoms with E-state index in [1.807, 2.05) is 72.8 Å². The number of carbonyl (C=O) groups is 2. The van der Waals surface area contributed by atoms with E-state index in [4.69, 9.17) is 4.74 Å². The lowest BCUT2D eigenvalue weighted by molar-refractivity contribution is -0.384. The third-order valence-corrected chi connectivity index (χ3v) is 7.44. The van der Waals surface area contributed by atoms with E-state index >= 15 is 0 Å². The molecule has 36 heavy (non-hydrogen) atoms. The number of carbonyl (C=O) groups excluding carboxylic acids is 2. The highest BCUT2D eigenvalue weighted by Crippen LogP contribution is 2.59. The Balaban J connectivity index is 1.48. The summed E-state index contributed by atoms with van der Waals surface area (Å²) in [5.74, 6) is -2.05.